The first kappa shape index (κ1) is 10.4. The first-order valence-corrected chi connectivity index (χ1v) is 6.35. The van der Waals surface area contributed by atoms with E-state index in [0.717, 1.165) is 5.39 Å². The largest absolute Gasteiger partial charge is 0.508 e. The van der Waals surface area contributed by atoms with Crippen LogP contribution >= 0.6 is 0 Å². The van der Waals surface area contributed by atoms with Gasteiger partial charge < -0.3 is 5.11 Å². The molecule has 4 rings (SSSR count). The van der Waals surface area contributed by atoms with Gasteiger partial charge in [0.2, 0.25) is 0 Å². The van der Waals surface area contributed by atoms with Crippen LogP contribution in [-0.2, 0) is 0 Å². The Balaban J connectivity index is 2.29. The van der Waals surface area contributed by atoms with Gasteiger partial charge >= 0.3 is 0 Å². The van der Waals surface area contributed by atoms with E-state index in [0.29, 0.717) is 5.75 Å². The third-order valence-electron chi connectivity index (χ3n) is 3.68. The van der Waals surface area contributed by atoms with Crippen molar-refractivity contribution in [3.8, 4) is 5.75 Å². The normalized spacial score (nSPS) is 11.4. The maximum atomic E-state index is 9.62. The molecular formula is C18H12O. The average Bonchev–Trinajstić information content (AvgIpc) is 2.78. The molecule has 0 fully saturated rings. The van der Waals surface area contributed by atoms with Gasteiger partial charge in [-0.15, -0.1) is 0 Å². The Morgan fingerprint density at radius 3 is 1.95 bits per heavy atom. The highest BCUT2D eigenvalue weighted by atomic mass is 16.3. The van der Waals surface area contributed by atoms with Crippen molar-refractivity contribution in [2.45, 2.75) is 0 Å². The molecule has 0 saturated carbocycles. The lowest BCUT2D eigenvalue weighted by Crippen LogP contribution is -1.73. The number of aromatic hydroxyl groups is 1. The Labute approximate surface area is 110 Å². The molecule has 0 saturated heterocycles. The number of benzene rings is 2. The van der Waals surface area contributed by atoms with E-state index in [9.17, 15) is 5.11 Å². The molecule has 0 atom stereocenters. The van der Waals surface area contributed by atoms with Gasteiger partial charge in [0.25, 0.3) is 0 Å². The number of phenolic OH excluding ortho intramolecular Hbond substituents is 1. The molecule has 1 nitrogen and oxygen atoms in total. The molecule has 4 aromatic carbocycles. The van der Waals surface area contributed by atoms with Crippen molar-refractivity contribution < 1.29 is 5.11 Å². The molecule has 0 unspecified atom stereocenters. The van der Waals surface area contributed by atoms with Gasteiger partial charge in [-0.1, -0.05) is 42.5 Å². The van der Waals surface area contributed by atoms with E-state index in [1.54, 1.807) is 6.07 Å². The summed E-state index contributed by atoms with van der Waals surface area (Å²) in [6.07, 6.45) is 0. The number of hydrogen-bond acceptors (Lipinski definition) is 1. The predicted molar refractivity (Wildman–Crippen MR) is 80.6 cm³/mol. The van der Waals surface area contributed by atoms with Crippen LogP contribution in [0.4, 0.5) is 0 Å². The van der Waals surface area contributed by atoms with E-state index in [-0.39, 0.29) is 0 Å². The second-order valence-electron chi connectivity index (χ2n) is 4.89. The molecule has 90 valence electrons. The highest BCUT2D eigenvalue weighted by Gasteiger charge is 2.02. The summed E-state index contributed by atoms with van der Waals surface area (Å²) in [5.74, 6) is 0.307. The predicted octanol–water partition coefficient (Wildman–Crippen LogP) is 4.85. The van der Waals surface area contributed by atoms with Gasteiger partial charge in [-0.3, -0.25) is 0 Å². The fraction of sp³-hybridized carbons (Fsp3) is 0. The summed E-state index contributed by atoms with van der Waals surface area (Å²) in [5, 5.41) is 16.8. The minimum Gasteiger partial charge on any atom is -0.508 e. The van der Waals surface area contributed by atoms with Crippen LogP contribution < -0.4 is 0 Å². The van der Waals surface area contributed by atoms with E-state index in [1.165, 1.54) is 26.9 Å². The summed E-state index contributed by atoms with van der Waals surface area (Å²) < 4.78 is 0. The van der Waals surface area contributed by atoms with Crippen LogP contribution in [0.2, 0.25) is 0 Å². The zero-order valence-electron chi connectivity index (χ0n) is 10.3. The molecule has 0 spiro atoms. The summed E-state index contributed by atoms with van der Waals surface area (Å²) in [4.78, 5) is 0. The summed E-state index contributed by atoms with van der Waals surface area (Å²) in [6, 6.07) is 22.5. The zero-order valence-corrected chi connectivity index (χ0v) is 10.3. The topological polar surface area (TPSA) is 20.2 Å². The van der Waals surface area contributed by atoms with Crippen molar-refractivity contribution >= 4 is 32.3 Å². The van der Waals surface area contributed by atoms with Crippen molar-refractivity contribution in [3.63, 3.8) is 0 Å². The SMILES string of the molecule is Oc1ccc2c(cccc3cc4cccc4cc32)c1. The fourth-order valence-corrected chi connectivity index (χ4v) is 2.75. The zero-order chi connectivity index (χ0) is 12.8. The van der Waals surface area contributed by atoms with Crippen LogP contribution in [0, 0.1) is 0 Å². The van der Waals surface area contributed by atoms with Crippen LogP contribution in [0.25, 0.3) is 32.3 Å². The van der Waals surface area contributed by atoms with Gasteiger partial charge in [0.05, 0.1) is 0 Å². The maximum absolute atomic E-state index is 9.62. The quantitative estimate of drug-likeness (QED) is 0.468. The molecule has 1 heteroatoms. The Morgan fingerprint density at radius 1 is 0.526 bits per heavy atom. The summed E-state index contributed by atoms with van der Waals surface area (Å²) in [7, 11) is 0. The monoisotopic (exact) mass is 244 g/mol. The van der Waals surface area contributed by atoms with E-state index in [2.05, 4.69) is 36.4 Å². The first-order chi connectivity index (χ1) is 9.31. The lowest BCUT2D eigenvalue weighted by atomic mass is 10.0. The average molecular weight is 244 g/mol. The number of fused-ring (bicyclic) bond motifs is 4. The molecule has 0 aliphatic carbocycles. The van der Waals surface area contributed by atoms with Crippen LogP contribution in [0.15, 0.2) is 66.7 Å². The van der Waals surface area contributed by atoms with Gasteiger partial charge in [-0.05, 0) is 56.6 Å². The van der Waals surface area contributed by atoms with Gasteiger partial charge in [-0.25, -0.2) is 0 Å². The second-order valence-corrected chi connectivity index (χ2v) is 4.89. The molecular weight excluding hydrogens is 232 g/mol. The minimum absolute atomic E-state index is 0.307. The van der Waals surface area contributed by atoms with E-state index in [1.807, 2.05) is 24.3 Å². The molecule has 1 N–H and O–H groups in total. The van der Waals surface area contributed by atoms with Crippen LogP contribution in [0.1, 0.15) is 0 Å². The van der Waals surface area contributed by atoms with Gasteiger partial charge in [-0.2, -0.15) is 0 Å². The van der Waals surface area contributed by atoms with Crippen molar-refractivity contribution in [2.24, 2.45) is 0 Å². The summed E-state index contributed by atoms with van der Waals surface area (Å²) in [6.45, 7) is 0. The van der Waals surface area contributed by atoms with Gasteiger partial charge in [0.15, 0.2) is 0 Å². The summed E-state index contributed by atoms with van der Waals surface area (Å²) >= 11 is 0. The van der Waals surface area contributed by atoms with Crippen LogP contribution in [-0.4, -0.2) is 5.11 Å². The molecule has 4 aromatic rings. The Bertz CT molecular complexity index is 922. The Kier molecular flexibility index (Phi) is 2.04. The highest BCUT2D eigenvalue weighted by Crippen LogP contribution is 2.30. The van der Waals surface area contributed by atoms with Crippen molar-refractivity contribution in [2.75, 3.05) is 0 Å². The Hall–Kier alpha value is -2.54. The van der Waals surface area contributed by atoms with Crippen molar-refractivity contribution in [1.82, 2.24) is 0 Å². The lowest BCUT2D eigenvalue weighted by Gasteiger charge is -2.00. The number of phenols is 1. The standard InChI is InChI=1S/C18H12O/c19-16-7-8-17-15(10-16)6-2-5-14-9-12-3-1-4-13(12)11-18(14)17/h1-11,19H. The molecule has 0 aliphatic rings. The Morgan fingerprint density at radius 2 is 1.16 bits per heavy atom. The fourth-order valence-electron chi connectivity index (χ4n) is 2.75. The maximum Gasteiger partial charge on any atom is 0.116 e. The molecule has 0 amide bonds. The van der Waals surface area contributed by atoms with Gasteiger partial charge in [0.1, 0.15) is 5.75 Å². The third-order valence-corrected chi connectivity index (χ3v) is 3.68. The van der Waals surface area contributed by atoms with E-state index >= 15 is 0 Å². The van der Waals surface area contributed by atoms with Crippen LogP contribution in [0.5, 0.6) is 5.75 Å². The smallest absolute Gasteiger partial charge is 0.116 e. The molecule has 0 heterocycles. The lowest BCUT2D eigenvalue weighted by molar-refractivity contribution is 0.476. The van der Waals surface area contributed by atoms with E-state index in [4.69, 9.17) is 0 Å². The molecule has 0 aliphatic heterocycles. The number of rotatable bonds is 0. The molecule has 0 bridgehead atoms. The van der Waals surface area contributed by atoms with Crippen molar-refractivity contribution in [3.05, 3.63) is 66.7 Å². The van der Waals surface area contributed by atoms with E-state index < -0.39 is 0 Å². The van der Waals surface area contributed by atoms with Gasteiger partial charge in [0, 0.05) is 0 Å². The summed E-state index contributed by atoms with van der Waals surface area (Å²) in [5.41, 5.74) is 0. The molecule has 0 radical (unpaired) electrons. The number of hydrogen-bond donors (Lipinski definition) is 1. The second kappa shape index (κ2) is 3.72. The molecule has 19 heavy (non-hydrogen) atoms. The third kappa shape index (κ3) is 1.55. The molecule has 0 aromatic heterocycles. The van der Waals surface area contributed by atoms with Crippen LogP contribution in [0.3, 0.4) is 0 Å². The highest BCUT2D eigenvalue weighted by molar-refractivity contribution is 6.11. The first-order valence-electron chi connectivity index (χ1n) is 6.35. The minimum atomic E-state index is 0.307. The van der Waals surface area contributed by atoms with Crippen molar-refractivity contribution in [1.29, 1.82) is 0 Å².